The maximum absolute atomic E-state index is 12.2. The number of aliphatic hydroxyl groups is 1. The molecule has 0 spiro atoms. The van der Waals surface area contributed by atoms with E-state index in [4.69, 9.17) is 0 Å². The Labute approximate surface area is 123 Å². The lowest BCUT2D eigenvalue weighted by molar-refractivity contribution is -0.134. The van der Waals surface area contributed by atoms with Gasteiger partial charge in [-0.15, -0.1) is 0 Å². The number of nitrogens with zero attached hydrogens (tertiary/aromatic N) is 1. The van der Waals surface area contributed by atoms with Gasteiger partial charge in [0.2, 0.25) is 5.91 Å². The molecule has 1 amide bonds. The summed E-state index contributed by atoms with van der Waals surface area (Å²) in [5, 5.41) is 9.44. The summed E-state index contributed by atoms with van der Waals surface area (Å²) in [6.45, 7) is 6.05. The predicted octanol–water partition coefficient (Wildman–Crippen LogP) is 3.00. The van der Waals surface area contributed by atoms with E-state index in [9.17, 15) is 9.90 Å². The van der Waals surface area contributed by atoms with Crippen molar-refractivity contribution in [1.82, 2.24) is 4.90 Å². The standard InChI is InChI=1S/C15H22BrNO2/c1-11(2)17(10-12(3)18)15(19)8-7-13-5-4-6-14(16)9-13/h4-6,9,11-12,18H,7-8,10H2,1-3H3. The minimum absolute atomic E-state index is 0.0934. The molecule has 0 aliphatic heterocycles. The maximum Gasteiger partial charge on any atom is 0.223 e. The lowest BCUT2D eigenvalue weighted by Gasteiger charge is -2.28. The molecule has 0 saturated carbocycles. The Hall–Kier alpha value is -0.870. The van der Waals surface area contributed by atoms with E-state index in [0.29, 0.717) is 13.0 Å². The molecule has 1 unspecified atom stereocenters. The second-order valence-electron chi connectivity index (χ2n) is 5.12. The van der Waals surface area contributed by atoms with Gasteiger partial charge in [0.05, 0.1) is 6.10 Å². The first kappa shape index (κ1) is 16.2. The fourth-order valence-electron chi connectivity index (χ4n) is 1.97. The van der Waals surface area contributed by atoms with Crippen molar-refractivity contribution in [2.75, 3.05) is 6.54 Å². The summed E-state index contributed by atoms with van der Waals surface area (Å²) in [6, 6.07) is 8.11. The van der Waals surface area contributed by atoms with Gasteiger partial charge in [0.25, 0.3) is 0 Å². The van der Waals surface area contributed by atoms with Crippen LogP contribution in [0.3, 0.4) is 0 Å². The van der Waals surface area contributed by atoms with E-state index in [1.165, 1.54) is 0 Å². The Bertz CT molecular complexity index is 418. The Kier molecular flexibility index (Phi) is 6.52. The quantitative estimate of drug-likeness (QED) is 0.872. The third-order valence-electron chi connectivity index (χ3n) is 2.92. The van der Waals surface area contributed by atoms with E-state index in [0.717, 1.165) is 16.5 Å². The minimum Gasteiger partial charge on any atom is -0.392 e. The lowest BCUT2D eigenvalue weighted by atomic mass is 10.1. The van der Waals surface area contributed by atoms with Crippen LogP contribution in [-0.4, -0.2) is 34.6 Å². The molecule has 1 aromatic rings. The van der Waals surface area contributed by atoms with Crippen LogP contribution >= 0.6 is 15.9 Å². The van der Waals surface area contributed by atoms with Gasteiger partial charge in [0, 0.05) is 23.5 Å². The van der Waals surface area contributed by atoms with Crippen molar-refractivity contribution in [3.63, 3.8) is 0 Å². The largest absolute Gasteiger partial charge is 0.392 e. The number of amides is 1. The molecule has 1 N–H and O–H groups in total. The van der Waals surface area contributed by atoms with Gasteiger partial charge in [0.1, 0.15) is 0 Å². The molecular weight excluding hydrogens is 306 g/mol. The van der Waals surface area contributed by atoms with Crippen molar-refractivity contribution < 1.29 is 9.90 Å². The summed E-state index contributed by atoms with van der Waals surface area (Å²) in [6.07, 6.45) is 0.708. The minimum atomic E-state index is -0.489. The molecule has 0 fully saturated rings. The van der Waals surface area contributed by atoms with Crippen LogP contribution in [0.4, 0.5) is 0 Å². The first-order valence-electron chi connectivity index (χ1n) is 6.62. The highest BCUT2D eigenvalue weighted by Crippen LogP contribution is 2.14. The molecule has 1 atom stereocenters. The number of benzene rings is 1. The molecule has 4 heteroatoms. The molecule has 0 aliphatic carbocycles. The zero-order valence-corrected chi connectivity index (χ0v) is 13.4. The van der Waals surface area contributed by atoms with E-state index in [-0.39, 0.29) is 11.9 Å². The number of hydrogen-bond acceptors (Lipinski definition) is 2. The highest BCUT2D eigenvalue weighted by molar-refractivity contribution is 9.10. The van der Waals surface area contributed by atoms with Crippen LogP contribution in [-0.2, 0) is 11.2 Å². The van der Waals surface area contributed by atoms with E-state index in [2.05, 4.69) is 15.9 Å². The van der Waals surface area contributed by atoms with Gasteiger partial charge in [-0.05, 0) is 44.9 Å². The Morgan fingerprint density at radius 2 is 2.05 bits per heavy atom. The Balaban J connectivity index is 2.57. The SMILES string of the molecule is CC(O)CN(C(=O)CCc1cccc(Br)c1)C(C)C. The summed E-state index contributed by atoms with van der Waals surface area (Å²) in [5.74, 6) is 0.0934. The smallest absolute Gasteiger partial charge is 0.223 e. The zero-order valence-electron chi connectivity index (χ0n) is 11.8. The number of rotatable bonds is 6. The molecule has 0 aliphatic rings. The average molecular weight is 328 g/mol. The normalized spacial score (nSPS) is 12.5. The van der Waals surface area contributed by atoms with Gasteiger partial charge in [-0.1, -0.05) is 28.1 Å². The van der Waals surface area contributed by atoms with Crippen LogP contribution in [0.2, 0.25) is 0 Å². The maximum atomic E-state index is 12.2. The third-order valence-corrected chi connectivity index (χ3v) is 3.41. The third kappa shape index (κ3) is 5.74. The summed E-state index contributed by atoms with van der Waals surface area (Å²) in [4.78, 5) is 13.9. The number of aliphatic hydroxyl groups excluding tert-OH is 1. The van der Waals surface area contributed by atoms with Gasteiger partial charge in [-0.3, -0.25) is 4.79 Å². The van der Waals surface area contributed by atoms with Crippen LogP contribution in [0.5, 0.6) is 0 Å². The molecule has 0 aromatic heterocycles. The van der Waals surface area contributed by atoms with Crippen LogP contribution < -0.4 is 0 Å². The molecule has 0 radical (unpaired) electrons. The fourth-order valence-corrected chi connectivity index (χ4v) is 2.42. The lowest BCUT2D eigenvalue weighted by Crippen LogP contribution is -2.41. The Morgan fingerprint density at radius 3 is 2.58 bits per heavy atom. The monoisotopic (exact) mass is 327 g/mol. The molecule has 106 valence electrons. The fraction of sp³-hybridized carbons (Fsp3) is 0.533. The van der Waals surface area contributed by atoms with E-state index in [1.807, 2.05) is 38.1 Å². The second kappa shape index (κ2) is 7.65. The first-order valence-corrected chi connectivity index (χ1v) is 7.41. The Morgan fingerprint density at radius 1 is 1.37 bits per heavy atom. The topological polar surface area (TPSA) is 40.5 Å². The number of carbonyl (C=O) groups excluding carboxylic acids is 1. The second-order valence-corrected chi connectivity index (χ2v) is 6.03. The van der Waals surface area contributed by atoms with Gasteiger partial charge >= 0.3 is 0 Å². The van der Waals surface area contributed by atoms with Crippen molar-refractivity contribution in [3.8, 4) is 0 Å². The van der Waals surface area contributed by atoms with Gasteiger partial charge in [-0.25, -0.2) is 0 Å². The van der Waals surface area contributed by atoms with Crippen molar-refractivity contribution in [3.05, 3.63) is 34.3 Å². The highest BCUT2D eigenvalue weighted by Gasteiger charge is 2.18. The molecule has 3 nitrogen and oxygen atoms in total. The zero-order chi connectivity index (χ0) is 14.4. The summed E-state index contributed by atoms with van der Waals surface area (Å²) in [5.41, 5.74) is 1.14. The molecule has 0 saturated heterocycles. The van der Waals surface area contributed by atoms with Gasteiger partial charge in [0.15, 0.2) is 0 Å². The van der Waals surface area contributed by atoms with Crippen LogP contribution in [0.1, 0.15) is 32.8 Å². The summed E-state index contributed by atoms with van der Waals surface area (Å²) < 4.78 is 1.03. The van der Waals surface area contributed by atoms with Crippen LogP contribution in [0.15, 0.2) is 28.7 Å². The molecule has 19 heavy (non-hydrogen) atoms. The molecule has 0 bridgehead atoms. The number of hydrogen-bond donors (Lipinski definition) is 1. The number of aryl methyl sites for hydroxylation is 1. The molecule has 1 rings (SSSR count). The molecule has 1 aromatic carbocycles. The summed E-state index contributed by atoms with van der Waals surface area (Å²) >= 11 is 3.43. The average Bonchev–Trinajstić information content (AvgIpc) is 2.32. The number of carbonyl (C=O) groups is 1. The van der Waals surface area contributed by atoms with Crippen molar-refractivity contribution in [1.29, 1.82) is 0 Å². The van der Waals surface area contributed by atoms with Crippen molar-refractivity contribution >= 4 is 21.8 Å². The predicted molar refractivity (Wildman–Crippen MR) is 81.0 cm³/mol. The van der Waals surface area contributed by atoms with E-state index >= 15 is 0 Å². The molecular formula is C15H22BrNO2. The van der Waals surface area contributed by atoms with Gasteiger partial charge < -0.3 is 10.0 Å². The van der Waals surface area contributed by atoms with E-state index < -0.39 is 6.10 Å². The molecule has 0 heterocycles. The van der Waals surface area contributed by atoms with Gasteiger partial charge in [-0.2, -0.15) is 0 Å². The van der Waals surface area contributed by atoms with Crippen LogP contribution in [0.25, 0.3) is 0 Å². The van der Waals surface area contributed by atoms with E-state index in [1.54, 1.807) is 11.8 Å². The van der Waals surface area contributed by atoms with Crippen molar-refractivity contribution in [2.45, 2.75) is 45.8 Å². The van der Waals surface area contributed by atoms with Crippen molar-refractivity contribution in [2.24, 2.45) is 0 Å². The van der Waals surface area contributed by atoms with Crippen LogP contribution in [0, 0.1) is 0 Å². The highest BCUT2D eigenvalue weighted by atomic mass is 79.9. The summed E-state index contributed by atoms with van der Waals surface area (Å²) in [7, 11) is 0. The first-order chi connectivity index (χ1) is 8.90. The number of halogens is 1.